The van der Waals surface area contributed by atoms with Gasteiger partial charge in [0.25, 0.3) is 0 Å². The second-order valence-corrected chi connectivity index (χ2v) is 3.32. The molecule has 1 aromatic rings. The van der Waals surface area contributed by atoms with Crippen molar-refractivity contribution in [3.8, 4) is 18.2 Å². The highest BCUT2D eigenvalue weighted by molar-refractivity contribution is 5.94. The number of hydrogen-bond donors (Lipinski definition) is 1. The summed E-state index contributed by atoms with van der Waals surface area (Å²) in [6, 6.07) is 8.53. The van der Waals surface area contributed by atoms with Crippen LogP contribution >= 0.6 is 0 Å². The van der Waals surface area contributed by atoms with Gasteiger partial charge in [0.05, 0.1) is 29.0 Å². The van der Waals surface area contributed by atoms with Crippen molar-refractivity contribution in [2.45, 2.75) is 13.3 Å². The van der Waals surface area contributed by atoms with Crippen molar-refractivity contribution in [1.29, 1.82) is 15.8 Å². The zero-order chi connectivity index (χ0) is 12.8. The summed E-state index contributed by atoms with van der Waals surface area (Å²) in [7, 11) is 0. The summed E-state index contributed by atoms with van der Waals surface area (Å²) in [5.41, 5.74) is 1.55. The van der Waals surface area contributed by atoms with Gasteiger partial charge in [-0.15, -0.1) is 0 Å². The van der Waals surface area contributed by atoms with Crippen LogP contribution < -0.4 is 5.32 Å². The molecular formula is C12H8N4O. The van der Waals surface area contributed by atoms with E-state index in [1.54, 1.807) is 19.1 Å². The Morgan fingerprint density at radius 1 is 1.29 bits per heavy atom. The number of hydrogen-bond acceptors (Lipinski definition) is 4. The Hall–Kier alpha value is -2.84. The van der Waals surface area contributed by atoms with Gasteiger partial charge in [-0.1, -0.05) is 0 Å². The molecule has 0 bridgehead atoms. The van der Waals surface area contributed by atoms with Gasteiger partial charge >= 0.3 is 0 Å². The number of rotatable bonds is 2. The summed E-state index contributed by atoms with van der Waals surface area (Å²) in [6.45, 7) is 1.68. The molecule has 0 spiro atoms. The summed E-state index contributed by atoms with van der Waals surface area (Å²) in [6.07, 6.45) is -0.274. The molecule has 1 N–H and O–H groups in total. The van der Waals surface area contributed by atoms with Gasteiger partial charge in [-0.25, -0.2) is 0 Å². The topological polar surface area (TPSA) is 100 Å². The number of anilines is 1. The third-order valence-corrected chi connectivity index (χ3v) is 2.09. The number of nitrogens with zero attached hydrogens (tertiary/aromatic N) is 3. The highest BCUT2D eigenvalue weighted by Gasteiger charge is 2.11. The van der Waals surface area contributed by atoms with E-state index in [0.29, 0.717) is 16.8 Å². The first-order chi connectivity index (χ1) is 8.12. The standard InChI is InChI=1S/C12H8N4O/c1-8-4-9(6-14)5-10(7-15)12(8)16-11(17)2-3-13/h4-5H,2H2,1H3,(H,16,17). The lowest BCUT2D eigenvalue weighted by atomic mass is 10.0. The van der Waals surface area contributed by atoms with Crippen LogP contribution in [0, 0.1) is 40.9 Å². The second-order valence-electron chi connectivity index (χ2n) is 3.32. The Kier molecular flexibility index (Phi) is 3.81. The van der Waals surface area contributed by atoms with E-state index < -0.39 is 5.91 Å². The van der Waals surface area contributed by atoms with Crippen molar-refractivity contribution in [1.82, 2.24) is 0 Å². The Morgan fingerprint density at radius 2 is 2.00 bits per heavy atom. The lowest BCUT2D eigenvalue weighted by Crippen LogP contribution is -2.12. The fraction of sp³-hybridized carbons (Fsp3) is 0.167. The fourth-order valence-corrected chi connectivity index (χ4v) is 1.36. The van der Waals surface area contributed by atoms with E-state index in [1.165, 1.54) is 6.07 Å². The van der Waals surface area contributed by atoms with Crippen LogP contribution in [0.5, 0.6) is 0 Å². The summed E-state index contributed by atoms with van der Waals surface area (Å²) in [4.78, 5) is 11.3. The van der Waals surface area contributed by atoms with E-state index in [9.17, 15) is 4.79 Å². The van der Waals surface area contributed by atoms with E-state index in [0.717, 1.165) is 0 Å². The van der Waals surface area contributed by atoms with Crippen LogP contribution in [0.1, 0.15) is 23.1 Å². The molecule has 82 valence electrons. The molecule has 0 saturated heterocycles. The van der Waals surface area contributed by atoms with E-state index in [-0.39, 0.29) is 12.0 Å². The molecule has 1 amide bonds. The smallest absolute Gasteiger partial charge is 0.238 e. The summed E-state index contributed by atoms with van der Waals surface area (Å²) < 4.78 is 0. The van der Waals surface area contributed by atoms with Crippen molar-refractivity contribution in [3.63, 3.8) is 0 Å². The maximum atomic E-state index is 11.3. The molecule has 0 atom stereocenters. The van der Waals surface area contributed by atoms with Crippen LogP contribution in [0.4, 0.5) is 5.69 Å². The Balaban J connectivity index is 3.18. The molecule has 0 saturated carbocycles. The largest absolute Gasteiger partial charge is 0.324 e. The summed E-state index contributed by atoms with van der Waals surface area (Å²) in [5, 5.41) is 28.5. The summed E-state index contributed by atoms with van der Waals surface area (Å²) >= 11 is 0. The zero-order valence-corrected chi connectivity index (χ0v) is 9.11. The third kappa shape index (κ3) is 2.81. The monoisotopic (exact) mass is 224 g/mol. The van der Waals surface area contributed by atoms with Crippen LogP contribution in [0.15, 0.2) is 12.1 Å². The minimum absolute atomic E-state index is 0.216. The lowest BCUT2D eigenvalue weighted by molar-refractivity contribution is -0.115. The molecule has 0 radical (unpaired) electrons. The molecule has 1 aromatic carbocycles. The van der Waals surface area contributed by atoms with Gasteiger partial charge in [-0.05, 0) is 24.6 Å². The highest BCUT2D eigenvalue weighted by Crippen LogP contribution is 2.22. The van der Waals surface area contributed by atoms with Crippen LogP contribution in [0.25, 0.3) is 0 Å². The van der Waals surface area contributed by atoms with Crippen molar-refractivity contribution >= 4 is 11.6 Å². The number of nitriles is 3. The first-order valence-corrected chi connectivity index (χ1v) is 4.74. The second kappa shape index (κ2) is 5.30. The predicted octanol–water partition coefficient (Wildman–Crippen LogP) is 1.59. The van der Waals surface area contributed by atoms with Gasteiger partial charge in [-0.2, -0.15) is 15.8 Å². The van der Waals surface area contributed by atoms with Crippen LogP contribution in [0.2, 0.25) is 0 Å². The number of amides is 1. The van der Waals surface area contributed by atoms with E-state index in [1.807, 2.05) is 12.1 Å². The number of carbonyl (C=O) groups excluding carboxylic acids is 1. The van der Waals surface area contributed by atoms with E-state index in [4.69, 9.17) is 15.8 Å². The first kappa shape index (κ1) is 12.2. The van der Waals surface area contributed by atoms with Gasteiger partial charge in [0.2, 0.25) is 5.91 Å². The number of benzene rings is 1. The van der Waals surface area contributed by atoms with E-state index >= 15 is 0 Å². The number of aryl methyl sites for hydroxylation is 1. The molecule has 0 aromatic heterocycles. The maximum absolute atomic E-state index is 11.3. The first-order valence-electron chi connectivity index (χ1n) is 4.74. The SMILES string of the molecule is Cc1cc(C#N)cc(C#N)c1NC(=O)CC#N. The molecule has 0 fully saturated rings. The molecule has 5 heteroatoms. The Morgan fingerprint density at radius 3 is 2.53 bits per heavy atom. The molecule has 1 rings (SSSR count). The van der Waals surface area contributed by atoms with Crippen LogP contribution in [0.3, 0.4) is 0 Å². The normalized spacial score (nSPS) is 8.59. The van der Waals surface area contributed by atoms with Gasteiger partial charge in [-0.3, -0.25) is 4.79 Å². The molecule has 0 aliphatic heterocycles. The summed E-state index contributed by atoms with van der Waals surface area (Å²) in [5.74, 6) is -0.475. The van der Waals surface area contributed by atoms with Crippen molar-refractivity contribution in [2.24, 2.45) is 0 Å². The Labute approximate surface area is 98.5 Å². The number of nitrogens with one attached hydrogen (secondary N) is 1. The van der Waals surface area contributed by atoms with Gasteiger partial charge in [0.15, 0.2) is 0 Å². The minimum atomic E-state index is -0.475. The fourth-order valence-electron chi connectivity index (χ4n) is 1.36. The number of carbonyl (C=O) groups is 1. The van der Waals surface area contributed by atoms with Gasteiger partial charge in [0.1, 0.15) is 12.5 Å². The Bertz CT molecular complexity index is 584. The van der Waals surface area contributed by atoms with Crippen molar-refractivity contribution in [2.75, 3.05) is 5.32 Å². The van der Waals surface area contributed by atoms with Crippen molar-refractivity contribution in [3.05, 3.63) is 28.8 Å². The maximum Gasteiger partial charge on any atom is 0.238 e. The molecule has 5 nitrogen and oxygen atoms in total. The molecular weight excluding hydrogens is 216 g/mol. The van der Waals surface area contributed by atoms with Gasteiger partial charge < -0.3 is 5.32 Å². The van der Waals surface area contributed by atoms with Crippen LogP contribution in [-0.2, 0) is 4.79 Å². The average molecular weight is 224 g/mol. The third-order valence-electron chi connectivity index (χ3n) is 2.09. The predicted molar refractivity (Wildman–Crippen MR) is 59.5 cm³/mol. The molecule has 0 unspecified atom stereocenters. The van der Waals surface area contributed by atoms with Crippen molar-refractivity contribution < 1.29 is 4.79 Å². The molecule has 0 aliphatic carbocycles. The molecule has 17 heavy (non-hydrogen) atoms. The average Bonchev–Trinajstić information content (AvgIpc) is 2.31. The van der Waals surface area contributed by atoms with Crippen LogP contribution in [-0.4, -0.2) is 5.91 Å². The molecule has 0 aliphatic rings. The quantitative estimate of drug-likeness (QED) is 0.824. The minimum Gasteiger partial charge on any atom is -0.324 e. The van der Waals surface area contributed by atoms with Gasteiger partial charge in [0, 0.05) is 0 Å². The molecule has 0 heterocycles. The zero-order valence-electron chi connectivity index (χ0n) is 9.11. The van der Waals surface area contributed by atoms with E-state index in [2.05, 4.69) is 5.32 Å². The highest BCUT2D eigenvalue weighted by atomic mass is 16.1. The lowest BCUT2D eigenvalue weighted by Gasteiger charge is -2.09.